The second kappa shape index (κ2) is 5.43. The van der Waals surface area contributed by atoms with Gasteiger partial charge >= 0.3 is 0 Å². The fourth-order valence-electron chi connectivity index (χ4n) is 3.65. The monoisotopic (exact) mass is 286 g/mol. The molecule has 2 fully saturated rings. The standard InChI is InChI=1S/C17H22N2O2/c20-17(16-11-18-9-10-21-16)19(13-6-7-13)15-8-5-12-3-1-2-4-14(12)15/h1-4,13,15-16,18H,5-11H2. The van der Waals surface area contributed by atoms with E-state index in [9.17, 15) is 4.79 Å². The Morgan fingerprint density at radius 3 is 2.86 bits per heavy atom. The third-order valence-electron chi connectivity index (χ3n) is 4.83. The number of carbonyl (C=O) groups is 1. The molecule has 3 aliphatic rings. The van der Waals surface area contributed by atoms with E-state index in [1.54, 1.807) is 0 Å². The van der Waals surface area contributed by atoms with Crippen molar-refractivity contribution < 1.29 is 9.53 Å². The summed E-state index contributed by atoms with van der Waals surface area (Å²) in [5.41, 5.74) is 2.75. The molecule has 2 aliphatic carbocycles. The first-order valence-corrected chi connectivity index (χ1v) is 8.07. The van der Waals surface area contributed by atoms with Crippen molar-refractivity contribution in [3.63, 3.8) is 0 Å². The maximum absolute atomic E-state index is 12.9. The fourth-order valence-corrected chi connectivity index (χ4v) is 3.65. The van der Waals surface area contributed by atoms with Crippen LogP contribution in [0.15, 0.2) is 24.3 Å². The Morgan fingerprint density at radius 1 is 1.24 bits per heavy atom. The molecular weight excluding hydrogens is 264 g/mol. The normalized spacial score (nSPS) is 28.2. The molecule has 4 heteroatoms. The SMILES string of the molecule is O=C(C1CNCCO1)N(C1CC1)C1CCc2ccccc21. The number of amides is 1. The minimum Gasteiger partial charge on any atom is -0.366 e. The highest BCUT2D eigenvalue weighted by atomic mass is 16.5. The Kier molecular flexibility index (Phi) is 3.43. The number of nitrogens with zero attached hydrogens (tertiary/aromatic N) is 1. The minimum absolute atomic E-state index is 0.186. The van der Waals surface area contributed by atoms with Crippen molar-refractivity contribution in [2.45, 2.75) is 43.9 Å². The zero-order chi connectivity index (χ0) is 14.2. The first-order valence-electron chi connectivity index (χ1n) is 8.07. The van der Waals surface area contributed by atoms with E-state index in [1.807, 2.05) is 0 Å². The lowest BCUT2D eigenvalue weighted by Gasteiger charge is -2.34. The lowest BCUT2D eigenvalue weighted by atomic mass is 10.1. The van der Waals surface area contributed by atoms with Crippen LogP contribution in [-0.4, -0.2) is 42.6 Å². The number of rotatable bonds is 3. The fraction of sp³-hybridized carbons (Fsp3) is 0.588. The molecular formula is C17H22N2O2. The van der Waals surface area contributed by atoms with Gasteiger partial charge in [-0.3, -0.25) is 4.79 Å². The maximum atomic E-state index is 12.9. The van der Waals surface area contributed by atoms with Crippen LogP contribution in [0.25, 0.3) is 0 Å². The molecule has 1 amide bonds. The summed E-state index contributed by atoms with van der Waals surface area (Å²) in [5, 5.41) is 3.27. The number of benzene rings is 1. The first-order chi connectivity index (χ1) is 10.3. The Labute approximate surface area is 125 Å². The van der Waals surface area contributed by atoms with Crippen LogP contribution in [0.5, 0.6) is 0 Å². The van der Waals surface area contributed by atoms with Crippen molar-refractivity contribution in [2.24, 2.45) is 0 Å². The number of nitrogens with one attached hydrogen (secondary N) is 1. The van der Waals surface area contributed by atoms with Crippen LogP contribution in [-0.2, 0) is 16.0 Å². The van der Waals surface area contributed by atoms with Crippen LogP contribution in [0.2, 0.25) is 0 Å². The first kappa shape index (κ1) is 13.3. The topological polar surface area (TPSA) is 41.6 Å². The van der Waals surface area contributed by atoms with Crippen molar-refractivity contribution in [2.75, 3.05) is 19.7 Å². The van der Waals surface area contributed by atoms with E-state index < -0.39 is 0 Å². The number of morpholine rings is 1. The Bertz CT molecular complexity index is 535. The number of carbonyl (C=O) groups excluding carboxylic acids is 1. The zero-order valence-corrected chi connectivity index (χ0v) is 12.3. The van der Waals surface area contributed by atoms with Crippen LogP contribution in [0.4, 0.5) is 0 Å². The maximum Gasteiger partial charge on any atom is 0.253 e. The van der Waals surface area contributed by atoms with Crippen molar-refractivity contribution in [1.29, 1.82) is 0 Å². The van der Waals surface area contributed by atoms with Gasteiger partial charge in [0, 0.05) is 19.1 Å². The molecule has 0 aromatic heterocycles. The van der Waals surface area contributed by atoms with Crippen LogP contribution in [0.3, 0.4) is 0 Å². The summed E-state index contributed by atoms with van der Waals surface area (Å²) >= 11 is 0. The van der Waals surface area contributed by atoms with Crippen molar-refractivity contribution in [3.8, 4) is 0 Å². The number of aryl methyl sites for hydroxylation is 1. The van der Waals surface area contributed by atoms with Gasteiger partial charge in [0.15, 0.2) is 0 Å². The highest BCUT2D eigenvalue weighted by Crippen LogP contribution is 2.42. The molecule has 1 N–H and O–H groups in total. The summed E-state index contributed by atoms with van der Waals surface area (Å²) in [6, 6.07) is 9.26. The van der Waals surface area contributed by atoms with Crippen molar-refractivity contribution in [3.05, 3.63) is 35.4 Å². The summed E-state index contributed by atoms with van der Waals surface area (Å²) in [6.07, 6.45) is 4.13. The van der Waals surface area contributed by atoms with E-state index in [-0.39, 0.29) is 18.1 Å². The van der Waals surface area contributed by atoms with Gasteiger partial charge in [-0.25, -0.2) is 0 Å². The van der Waals surface area contributed by atoms with Crippen LogP contribution < -0.4 is 5.32 Å². The lowest BCUT2D eigenvalue weighted by Crippen LogP contribution is -2.50. The average Bonchev–Trinajstić information content (AvgIpc) is 3.29. The molecule has 2 atom stereocenters. The Morgan fingerprint density at radius 2 is 2.10 bits per heavy atom. The Balaban J connectivity index is 1.59. The highest BCUT2D eigenvalue weighted by Gasteiger charge is 2.42. The smallest absolute Gasteiger partial charge is 0.253 e. The lowest BCUT2D eigenvalue weighted by molar-refractivity contribution is -0.148. The van der Waals surface area contributed by atoms with E-state index in [1.165, 1.54) is 11.1 Å². The Hall–Kier alpha value is -1.39. The molecule has 1 saturated carbocycles. The van der Waals surface area contributed by atoms with Crippen LogP contribution in [0, 0.1) is 0 Å². The van der Waals surface area contributed by atoms with E-state index in [0.29, 0.717) is 19.2 Å². The minimum atomic E-state index is -0.299. The molecule has 0 bridgehead atoms. The van der Waals surface area contributed by atoms with Gasteiger partial charge in [-0.05, 0) is 36.8 Å². The molecule has 21 heavy (non-hydrogen) atoms. The average molecular weight is 286 g/mol. The molecule has 4 rings (SSSR count). The molecule has 4 nitrogen and oxygen atoms in total. The number of fused-ring (bicyclic) bond motifs is 1. The molecule has 0 spiro atoms. The summed E-state index contributed by atoms with van der Waals surface area (Å²) in [6.45, 7) is 2.13. The third-order valence-corrected chi connectivity index (χ3v) is 4.83. The molecule has 2 unspecified atom stereocenters. The predicted octanol–water partition coefficient (Wildman–Crippen LogP) is 1.65. The second-order valence-electron chi connectivity index (χ2n) is 6.29. The molecule has 1 aromatic carbocycles. The molecule has 1 aromatic rings. The van der Waals surface area contributed by atoms with Crippen LogP contribution >= 0.6 is 0 Å². The third kappa shape index (κ3) is 2.47. The summed E-state index contributed by atoms with van der Waals surface area (Å²) < 4.78 is 5.69. The number of hydrogen-bond acceptors (Lipinski definition) is 3. The second-order valence-corrected chi connectivity index (χ2v) is 6.29. The summed E-state index contributed by atoms with van der Waals surface area (Å²) in [4.78, 5) is 15.1. The molecule has 1 saturated heterocycles. The summed E-state index contributed by atoms with van der Waals surface area (Å²) in [5.74, 6) is 0.186. The number of ether oxygens (including phenoxy) is 1. The zero-order valence-electron chi connectivity index (χ0n) is 12.3. The molecule has 112 valence electrons. The van der Waals surface area contributed by atoms with E-state index in [0.717, 1.165) is 32.2 Å². The van der Waals surface area contributed by atoms with E-state index in [2.05, 4.69) is 34.5 Å². The van der Waals surface area contributed by atoms with Gasteiger partial charge in [0.25, 0.3) is 5.91 Å². The van der Waals surface area contributed by atoms with E-state index >= 15 is 0 Å². The van der Waals surface area contributed by atoms with Gasteiger partial charge in [-0.1, -0.05) is 24.3 Å². The van der Waals surface area contributed by atoms with Gasteiger partial charge in [0.05, 0.1) is 12.6 Å². The van der Waals surface area contributed by atoms with Gasteiger partial charge in [0.2, 0.25) is 0 Å². The molecule has 1 heterocycles. The largest absolute Gasteiger partial charge is 0.366 e. The van der Waals surface area contributed by atoms with Gasteiger partial charge < -0.3 is 15.0 Å². The number of hydrogen-bond donors (Lipinski definition) is 1. The predicted molar refractivity (Wildman–Crippen MR) is 80.0 cm³/mol. The van der Waals surface area contributed by atoms with Crippen molar-refractivity contribution >= 4 is 5.91 Å². The van der Waals surface area contributed by atoms with Gasteiger partial charge in [-0.15, -0.1) is 0 Å². The van der Waals surface area contributed by atoms with Gasteiger partial charge in [0.1, 0.15) is 6.10 Å². The highest BCUT2D eigenvalue weighted by molar-refractivity contribution is 5.82. The summed E-state index contributed by atoms with van der Waals surface area (Å²) in [7, 11) is 0. The van der Waals surface area contributed by atoms with E-state index in [4.69, 9.17) is 4.74 Å². The quantitative estimate of drug-likeness (QED) is 0.918. The van der Waals surface area contributed by atoms with Crippen molar-refractivity contribution in [1.82, 2.24) is 10.2 Å². The molecule has 0 radical (unpaired) electrons. The van der Waals surface area contributed by atoms with Gasteiger partial charge in [-0.2, -0.15) is 0 Å². The van der Waals surface area contributed by atoms with Crippen LogP contribution in [0.1, 0.15) is 36.4 Å². The molecule has 1 aliphatic heterocycles.